The highest BCUT2D eigenvalue weighted by molar-refractivity contribution is 5.78. The summed E-state index contributed by atoms with van der Waals surface area (Å²) in [6.45, 7) is 8.13. The van der Waals surface area contributed by atoms with Crippen LogP contribution in [0.2, 0.25) is 0 Å². The fourth-order valence-electron chi connectivity index (χ4n) is 1.32. The zero-order valence-electron chi connectivity index (χ0n) is 10.9. The van der Waals surface area contributed by atoms with Crippen molar-refractivity contribution in [2.75, 3.05) is 0 Å². The number of carbonyl (C=O) groups excluding carboxylic acids is 1. The zero-order chi connectivity index (χ0) is 13.1. The van der Waals surface area contributed by atoms with Gasteiger partial charge in [-0.15, -0.1) is 0 Å². The monoisotopic (exact) mass is 237 g/mol. The molecule has 2 nitrogen and oxygen atoms in total. The number of benzene rings is 1. The van der Waals surface area contributed by atoms with Gasteiger partial charge in [0.1, 0.15) is 5.82 Å². The molecule has 0 aliphatic rings. The van der Waals surface area contributed by atoms with Gasteiger partial charge in [-0.1, -0.05) is 39.0 Å². The van der Waals surface area contributed by atoms with Gasteiger partial charge >= 0.3 is 0 Å². The van der Waals surface area contributed by atoms with E-state index in [0.29, 0.717) is 5.56 Å². The molecule has 1 aromatic rings. The first-order valence-electron chi connectivity index (χ1n) is 5.83. The SMILES string of the molecule is CC(NC(=O)Cc1ccccc1F)C(C)(C)C. The van der Waals surface area contributed by atoms with Crippen molar-refractivity contribution in [2.24, 2.45) is 5.41 Å². The fourth-order valence-corrected chi connectivity index (χ4v) is 1.32. The highest BCUT2D eigenvalue weighted by Gasteiger charge is 2.21. The molecule has 0 aliphatic carbocycles. The Kier molecular flexibility index (Phi) is 4.27. The molecular weight excluding hydrogens is 217 g/mol. The van der Waals surface area contributed by atoms with Gasteiger partial charge in [-0.3, -0.25) is 4.79 Å². The van der Waals surface area contributed by atoms with Gasteiger partial charge in [-0.2, -0.15) is 0 Å². The lowest BCUT2D eigenvalue weighted by Crippen LogP contribution is -2.42. The van der Waals surface area contributed by atoms with Crippen LogP contribution in [0.5, 0.6) is 0 Å². The largest absolute Gasteiger partial charge is 0.353 e. The van der Waals surface area contributed by atoms with Gasteiger partial charge < -0.3 is 5.32 Å². The maximum absolute atomic E-state index is 13.3. The van der Waals surface area contributed by atoms with E-state index in [2.05, 4.69) is 26.1 Å². The molecule has 0 saturated carbocycles. The molecule has 0 aliphatic heterocycles. The number of carbonyl (C=O) groups is 1. The summed E-state index contributed by atoms with van der Waals surface area (Å²) < 4.78 is 13.3. The molecule has 0 aromatic heterocycles. The van der Waals surface area contributed by atoms with E-state index < -0.39 is 0 Å². The molecule has 1 amide bonds. The van der Waals surface area contributed by atoms with Crippen LogP contribution in [0.15, 0.2) is 24.3 Å². The maximum atomic E-state index is 13.3. The van der Waals surface area contributed by atoms with Crippen LogP contribution in [0.25, 0.3) is 0 Å². The van der Waals surface area contributed by atoms with Crippen molar-refractivity contribution in [1.29, 1.82) is 0 Å². The quantitative estimate of drug-likeness (QED) is 0.860. The van der Waals surface area contributed by atoms with Crippen molar-refractivity contribution in [2.45, 2.75) is 40.2 Å². The number of nitrogens with one attached hydrogen (secondary N) is 1. The normalized spacial score (nSPS) is 13.2. The minimum absolute atomic E-state index is 0.00485. The predicted octanol–water partition coefficient (Wildman–Crippen LogP) is 2.92. The van der Waals surface area contributed by atoms with E-state index in [0.717, 1.165) is 0 Å². The lowest BCUT2D eigenvalue weighted by atomic mass is 9.88. The first-order valence-corrected chi connectivity index (χ1v) is 5.83. The minimum atomic E-state index is -0.328. The molecule has 0 fully saturated rings. The molecule has 1 unspecified atom stereocenters. The third-order valence-corrected chi connectivity index (χ3v) is 2.99. The topological polar surface area (TPSA) is 29.1 Å². The van der Waals surface area contributed by atoms with Gasteiger partial charge in [0.15, 0.2) is 0 Å². The van der Waals surface area contributed by atoms with Crippen LogP contribution >= 0.6 is 0 Å². The molecule has 0 saturated heterocycles. The average molecular weight is 237 g/mol. The molecule has 0 heterocycles. The van der Waals surface area contributed by atoms with Gasteiger partial charge in [0.2, 0.25) is 5.91 Å². The van der Waals surface area contributed by atoms with Crippen molar-refractivity contribution in [3.05, 3.63) is 35.6 Å². The van der Waals surface area contributed by atoms with E-state index in [1.807, 2.05) is 6.92 Å². The van der Waals surface area contributed by atoms with Gasteiger partial charge in [0.25, 0.3) is 0 Å². The Hall–Kier alpha value is -1.38. The third kappa shape index (κ3) is 4.17. The number of amides is 1. The van der Waals surface area contributed by atoms with Crippen LogP contribution in [-0.2, 0) is 11.2 Å². The number of hydrogen-bond acceptors (Lipinski definition) is 1. The summed E-state index contributed by atoms with van der Waals surface area (Å²) in [6, 6.07) is 6.42. The van der Waals surface area contributed by atoms with Crippen molar-refractivity contribution in [1.82, 2.24) is 5.32 Å². The second-order valence-corrected chi connectivity index (χ2v) is 5.42. The Morgan fingerprint density at radius 3 is 2.47 bits per heavy atom. The summed E-state index contributed by atoms with van der Waals surface area (Å²) in [5, 5.41) is 2.89. The summed E-state index contributed by atoms with van der Waals surface area (Å²) in [7, 11) is 0. The van der Waals surface area contributed by atoms with E-state index in [9.17, 15) is 9.18 Å². The van der Waals surface area contributed by atoms with Crippen molar-refractivity contribution >= 4 is 5.91 Å². The second kappa shape index (κ2) is 5.30. The van der Waals surface area contributed by atoms with Gasteiger partial charge in [-0.25, -0.2) is 4.39 Å². The molecule has 1 N–H and O–H groups in total. The smallest absolute Gasteiger partial charge is 0.224 e. The molecule has 1 aromatic carbocycles. The second-order valence-electron chi connectivity index (χ2n) is 5.42. The summed E-state index contributed by atoms with van der Waals surface area (Å²) >= 11 is 0. The minimum Gasteiger partial charge on any atom is -0.353 e. The molecular formula is C14H20FNO. The van der Waals surface area contributed by atoms with Gasteiger partial charge in [-0.05, 0) is 24.0 Å². The molecule has 1 rings (SSSR count). The fraction of sp³-hybridized carbons (Fsp3) is 0.500. The standard InChI is InChI=1S/C14H20FNO/c1-10(14(2,3)4)16-13(17)9-11-7-5-6-8-12(11)15/h5-8,10H,9H2,1-4H3,(H,16,17). The van der Waals surface area contributed by atoms with E-state index in [4.69, 9.17) is 0 Å². The molecule has 0 bridgehead atoms. The Morgan fingerprint density at radius 1 is 1.35 bits per heavy atom. The number of hydrogen-bond donors (Lipinski definition) is 1. The van der Waals surface area contributed by atoms with Crippen LogP contribution in [0.4, 0.5) is 4.39 Å². The Bertz CT molecular complexity index is 395. The van der Waals surface area contributed by atoms with Crippen LogP contribution in [0, 0.1) is 11.2 Å². The predicted molar refractivity (Wildman–Crippen MR) is 67.2 cm³/mol. The summed E-state index contributed by atoms with van der Waals surface area (Å²) in [4.78, 5) is 11.7. The molecule has 3 heteroatoms. The number of rotatable bonds is 3. The van der Waals surface area contributed by atoms with E-state index in [1.165, 1.54) is 6.07 Å². The molecule has 0 radical (unpaired) electrons. The van der Waals surface area contributed by atoms with Gasteiger partial charge in [0, 0.05) is 6.04 Å². The summed E-state index contributed by atoms with van der Waals surface area (Å²) in [5.41, 5.74) is 0.441. The van der Waals surface area contributed by atoms with Crippen LogP contribution < -0.4 is 5.32 Å². The Labute approximate surface area is 102 Å². The highest BCUT2D eigenvalue weighted by Crippen LogP contribution is 2.18. The van der Waals surface area contributed by atoms with Crippen LogP contribution in [0.3, 0.4) is 0 Å². The average Bonchev–Trinajstić information content (AvgIpc) is 2.20. The molecule has 17 heavy (non-hydrogen) atoms. The van der Waals surface area contributed by atoms with E-state index in [1.54, 1.807) is 18.2 Å². The van der Waals surface area contributed by atoms with Crippen LogP contribution in [0.1, 0.15) is 33.3 Å². The van der Waals surface area contributed by atoms with Crippen molar-refractivity contribution in [3.8, 4) is 0 Å². The number of halogens is 1. The lowest BCUT2D eigenvalue weighted by molar-refractivity contribution is -0.121. The van der Waals surface area contributed by atoms with E-state index >= 15 is 0 Å². The van der Waals surface area contributed by atoms with Crippen molar-refractivity contribution < 1.29 is 9.18 Å². The first kappa shape index (κ1) is 13.7. The van der Waals surface area contributed by atoms with E-state index in [-0.39, 0.29) is 29.6 Å². The lowest BCUT2D eigenvalue weighted by Gasteiger charge is -2.28. The maximum Gasteiger partial charge on any atom is 0.224 e. The molecule has 94 valence electrons. The third-order valence-electron chi connectivity index (χ3n) is 2.99. The Morgan fingerprint density at radius 2 is 1.94 bits per heavy atom. The molecule has 1 atom stereocenters. The first-order chi connectivity index (χ1) is 7.80. The van der Waals surface area contributed by atoms with Crippen LogP contribution in [-0.4, -0.2) is 11.9 Å². The van der Waals surface area contributed by atoms with Gasteiger partial charge in [0.05, 0.1) is 6.42 Å². The molecule has 0 spiro atoms. The Balaban J connectivity index is 2.60. The zero-order valence-corrected chi connectivity index (χ0v) is 10.9. The van der Waals surface area contributed by atoms with Crippen molar-refractivity contribution in [3.63, 3.8) is 0 Å². The summed E-state index contributed by atoms with van der Waals surface area (Å²) in [5.74, 6) is -0.469. The highest BCUT2D eigenvalue weighted by atomic mass is 19.1. The summed E-state index contributed by atoms with van der Waals surface area (Å²) in [6.07, 6.45) is 0.0904.